The highest BCUT2D eigenvalue weighted by Crippen LogP contribution is 2.36. The molecule has 0 aliphatic heterocycles. The number of nitrogens with zero attached hydrogens (tertiary/aromatic N) is 2. The highest BCUT2D eigenvalue weighted by Gasteiger charge is 2.28. The van der Waals surface area contributed by atoms with Crippen LogP contribution in [0, 0.1) is 16.2 Å². The van der Waals surface area contributed by atoms with Gasteiger partial charge >= 0.3 is 0 Å². The average molecular weight is 465 g/mol. The maximum atomic E-state index is 11.0. The van der Waals surface area contributed by atoms with Crippen LogP contribution in [0.25, 0.3) is 0 Å². The molecule has 2 aromatic rings. The van der Waals surface area contributed by atoms with E-state index in [9.17, 15) is 4.79 Å². The monoisotopic (exact) mass is 464 g/mol. The number of Topliss-reactive ketones (excluding diaryl/α,β-unsaturated/α-hetero) is 1. The lowest BCUT2D eigenvalue weighted by molar-refractivity contribution is -0.118. The van der Waals surface area contributed by atoms with Crippen LogP contribution >= 0.6 is 0 Å². The van der Waals surface area contributed by atoms with Crippen LogP contribution in [0.2, 0.25) is 0 Å². The maximum Gasteiger partial charge on any atom is 0.139 e. The number of fused-ring (bicyclic) bond motifs is 2. The molecule has 3 nitrogen and oxygen atoms in total. The molecule has 0 bridgehead atoms. The van der Waals surface area contributed by atoms with Gasteiger partial charge in [0.05, 0.1) is 5.69 Å². The second kappa shape index (κ2) is 12.4. The third-order valence-electron chi connectivity index (χ3n) is 4.98. The lowest BCUT2D eigenvalue weighted by Crippen LogP contribution is -2.25. The van der Waals surface area contributed by atoms with Gasteiger partial charge in [0.25, 0.3) is 0 Å². The smallest absolute Gasteiger partial charge is 0.139 e. The van der Waals surface area contributed by atoms with Crippen molar-refractivity contribution >= 4 is 5.78 Å². The van der Waals surface area contributed by atoms with Crippen LogP contribution in [0.4, 0.5) is 0 Å². The molecule has 3 heteroatoms. The van der Waals surface area contributed by atoms with Gasteiger partial charge in [0.1, 0.15) is 5.78 Å². The van der Waals surface area contributed by atoms with Gasteiger partial charge in [-0.2, -0.15) is 0 Å². The molecule has 2 aromatic heterocycles. The summed E-state index contributed by atoms with van der Waals surface area (Å²) in [5.74, 6) is 0.316. The molecule has 0 aromatic carbocycles. The van der Waals surface area contributed by atoms with E-state index in [1.54, 1.807) is 6.20 Å². The van der Waals surface area contributed by atoms with E-state index >= 15 is 0 Å². The summed E-state index contributed by atoms with van der Waals surface area (Å²) in [6.45, 7) is 26.1. The largest absolute Gasteiger partial charge is 0.299 e. The molecule has 0 fully saturated rings. The van der Waals surface area contributed by atoms with Gasteiger partial charge in [0, 0.05) is 37.4 Å². The Morgan fingerprint density at radius 3 is 1.71 bits per heavy atom. The molecule has 188 valence electrons. The van der Waals surface area contributed by atoms with E-state index < -0.39 is 0 Å². The normalized spacial score (nSPS) is 16.3. The molecule has 0 atom stereocenters. The van der Waals surface area contributed by atoms with Gasteiger partial charge < -0.3 is 0 Å². The summed E-state index contributed by atoms with van der Waals surface area (Å²) in [5.41, 5.74) is 7.37. The fourth-order valence-electron chi connectivity index (χ4n) is 3.24. The van der Waals surface area contributed by atoms with Crippen molar-refractivity contribution in [2.45, 2.75) is 101 Å². The highest BCUT2D eigenvalue weighted by atomic mass is 16.1. The number of rotatable bonds is 0. The molecule has 0 saturated heterocycles. The van der Waals surface area contributed by atoms with Crippen molar-refractivity contribution in [1.82, 2.24) is 9.97 Å². The number of hydrogen-bond acceptors (Lipinski definition) is 3. The Labute approximate surface area is 209 Å². The van der Waals surface area contributed by atoms with E-state index in [4.69, 9.17) is 0 Å². The molecule has 0 amide bonds. The zero-order valence-corrected chi connectivity index (χ0v) is 23.5. The minimum atomic E-state index is 0.246. The van der Waals surface area contributed by atoms with Crippen molar-refractivity contribution in [1.29, 1.82) is 0 Å². The molecule has 0 N–H and O–H groups in total. The lowest BCUT2D eigenvalue weighted by Gasteiger charge is -2.33. The summed E-state index contributed by atoms with van der Waals surface area (Å²) in [4.78, 5) is 19.5. The standard InChI is InChI=1S/C12H15N.C9H9NO.2C5H12/c1-9-7-11-10(5-4-6-13-11)8-12(9,2)3;11-8-4-3-7-2-1-5-10-9(7)6-8;2*1-5(2,3)4/h4-6H,1,7-8H2,2-3H3;1-2,5H,3-4,6H2;2*1-4H3. The number of ketones is 1. The van der Waals surface area contributed by atoms with Crippen LogP contribution in [-0.2, 0) is 30.5 Å². The Kier molecular flexibility index (Phi) is 10.9. The summed E-state index contributed by atoms with van der Waals surface area (Å²) in [5, 5.41) is 0. The van der Waals surface area contributed by atoms with Crippen LogP contribution in [0.3, 0.4) is 0 Å². The summed E-state index contributed by atoms with van der Waals surface area (Å²) in [6, 6.07) is 8.17. The van der Waals surface area contributed by atoms with E-state index in [2.05, 4.69) is 97.9 Å². The summed E-state index contributed by atoms with van der Waals surface area (Å²) in [6.07, 6.45) is 7.75. The third kappa shape index (κ3) is 12.8. The first kappa shape index (κ1) is 29.7. The Morgan fingerprint density at radius 2 is 1.21 bits per heavy atom. The minimum absolute atomic E-state index is 0.246. The SMILES string of the molecule is C=C1Cc2ncccc2CC1(C)C.CC(C)(C)C.CC(C)(C)C.O=C1CCc2cccnc2C1. The van der Waals surface area contributed by atoms with Gasteiger partial charge in [-0.3, -0.25) is 14.8 Å². The van der Waals surface area contributed by atoms with E-state index in [0.717, 1.165) is 25.0 Å². The molecule has 0 spiro atoms. The molecule has 34 heavy (non-hydrogen) atoms. The van der Waals surface area contributed by atoms with Gasteiger partial charge in [0.2, 0.25) is 0 Å². The number of carbonyl (C=O) groups excluding carboxylic acids is 1. The second-order valence-corrected chi connectivity index (χ2v) is 13.3. The number of allylic oxidation sites excluding steroid dienone is 1. The summed E-state index contributed by atoms with van der Waals surface area (Å²) < 4.78 is 0. The second-order valence-electron chi connectivity index (χ2n) is 13.3. The van der Waals surface area contributed by atoms with Gasteiger partial charge in [-0.15, -0.1) is 0 Å². The predicted octanol–water partition coefficient (Wildman–Crippen LogP) is 8.01. The highest BCUT2D eigenvalue weighted by molar-refractivity contribution is 5.82. The van der Waals surface area contributed by atoms with Gasteiger partial charge in [-0.25, -0.2) is 0 Å². The first-order valence-electron chi connectivity index (χ1n) is 12.5. The molecule has 2 aliphatic carbocycles. The number of pyridine rings is 2. The van der Waals surface area contributed by atoms with Crippen molar-refractivity contribution in [3.05, 3.63) is 71.3 Å². The third-order valence-corrected chi connectivity index (χ3v) is 4.98. The molecule has 4 rings (SSSR count). The zero-order valence-electron chi connectivity index (χ0n) is 23.5. The van der Waals surface area contributed by atoms with E-state index in [-0.39, 0.29) is 5.41 Å². The Hall–Kier alpha value is -2.29. The van der Waals surface area contributed by atoms with Crippen LogP contribution in [0.15, 0.2) is 48.8 Å². The van der Waals surface area contributed by atoms with Crippen molar-refractivity contribution in [3.8, 4) is 0 Å². The lowest BCUT2D eigenvalue weighted by atomic mass is 9.73. The molecule has 2 aliphatic rings. The molecule has 2 heterocycles. The van der Waals surface area contributed by atoms with Crippen LogP contribution in [-0.4, -0.2) is 15.8 Å². The Balaban J connectivity index is 0.000000249. The van der Waals surface area contributed by atoms with Crippen molar-refractivity contribution in [3.63, 3.8) is 0 Å². The first-order valence-corrected chi connectivity index (χ1v) is 12.5. The minimum Gasteiger partial charge on any atom is -0.299 e. The fraction of sp³-hybridized carbons (Fsp3) is 0.581. The Bertz CT molecular complexity index is 918. The van der Waals surface area contributed by atoms with Crippen LogP contribution in [0.1, 0.15) is 98.2 Å². The first-order chi connectivity index (χ1) is 15.5. The molecule has 0 radical (unpaired) electrons. The topological polar surface area (TPSA) is 42.9 Å². The Morgan fingerprint density at radius 1 is 0.765 bits per heavy atom. The van der Waals surface area contributed by atoms with Crippen molar-refractivity contribution in [2.75, 3.05) is 0 Å². The molecule has 0 unspecified atom stereocenters. The van der Waals surface area contributed by atoms with Crippen molar-refractivity contribution in [2.24, 2.45) is 16.2 Å². The summed E-state index contributed by atoms with van der Waals surface area (Å²) >= 11 is 0. The quantitative estimate of drug-likeness (QED) is 0.371. The van der Waals surface area contributed by atoms with Crippen molar-refractivity contribution < 1.29 is 4.79 Å². The average Bonchev–Trinajstić information content (AvgIpc) is 2.66. The molecular formula is C31H48N2O. The van der Waals surface area contributed by atoms with Gasteiger partial charge in [-0.1, -0.05) is 93.5 Å². The van der Waals surface area contributed by atoms with Crippen LogP contribution in [0.5, 0.6) is 0 Å². The van der Waals surface area contributed by atoms with E-state index in [1.807, 2.05) is 18.3 Å². The summed E-state index contributed by atoms with van der Waals surface area (Å²) in [7, 11) is 0. The number of aromatic nitrogens is 2. The number of carbonyl (C=O) groups is 1. The molecular weight excluding hydrogens is 416 g/mol. The zero-order chi connectivity index (χ0) is 26.2. The fourth-order valence-corrected chi connectivity index (χ4v) is 3.24. The van der Waals surface area contributed by atoms with Gasteiger partial charge in [-0.05, 0) is 52.3 Å². The molecule has 0 saturated carbocycles. The predicted molar refractivity (Wildman–Crippen MR) is 146 cm³/mol. The van der Waals surface area contributed by atoms with E-state index in [0.29, 0.717) is 29.5 Å². The van der Waals surface area contributed by atoms with Gasteiger partial charge in [0.15, 0.2) is 0 Å². The maximum absolute atomic E-state index is 11.0. The van der Waals surface area contributed by atoms with Crippen LogP contribution < -0.4 is 0 Å². The van der Waals surface area contributed by atoms with E-state index in [1.165, 1.54) is 22.4 Å². The number of aryl methyl sites for hydroxylation is 1. The number of hydrogen-bond donors (Lipinski definition) is 0.